The van der Waals surface area contributed by atoms with Gasteiger partial charge in [0.15, 0.2) is 0 Å². The zero-order valence-corrected chi connectivity index (χ0v) is 20.6. The summed E-state index contributed by atoms with van der Waals surface area (Å²) in [6.45, 7) is 4.86. The average Bonchev–Trinajstić information content (AvgIpc) is 2.76. The standard InChI is InChI=1S/C25H25BrF2N2O4/c1-14-19(10-15-4-6-16(7-5-15)23(31)29-13-25(2,3)33)22(21(26)24(32)30-14)34-12-17-8-9-18(27)11-20(17)28/h4-9,11,33H,10,12-13H2,1-3H3,(H,29,31)(H,30,32). The van der Waals surface area contributed by atoms with Gasteiger partial charge in [0.25, 0.3) is 11.5 Å². The van der Waals surface area contributed by atoms with Crippen LogP contribution < -0.4 is 15.6 Å². The summed E-state index contributed by atoms with van der Waals surface area (Å²) >= 11 is 3.25. The first-order valence-electron chi connectivity index (χ1n) is 10.5. The van der Waals surface area contributed by atoms with Crippen LogP contribution in [0.4, 0.5) is 8.78 Å². The van der Waals surface area contributed by atoms with Crippen LogP contribution in [-0.4, -0.2) is 28.1 Å². The molecule has 6 nitrogen and oxygen atoms in total. The summed E-state index contributed by atoms with van der Waals surface area (Å²) < 4.78 is 33.2. The van der Waals surface area contributed by atoms with Gasteiger partial charge < -0.3 is 20.1 Å². The van der Waals surface area contributed by atoms with Gasteiger partial charge in [-0.15, -0.1) is 0 Å². The van der Waals surface area contributed by atoms with Crippen LogP contribution in [0.2, 0.25) is 0 Å². The lowest BCUT2D eigenvalue weighted by Crippen LogP contribution is -2.38. The minimum atomic E-state index is -1.02. The summed E-state index contributed by atoms with van der Waals surface area (Å²) in [6.07, 6.45) is 0.369. The van der Waals surface area contributed by atoms with Crippen LogP contribution >= 0.6 is 15.9 Å². The van der Waals surface area contributed by atoms with Crippen molar-refractivity contribution >= 4 is 21.8 Å². The number of rotatable bonds is 8. The molecule has 1 amide bonds. The van der Waals surface area contributed by atoms with Gasteiger partial charge in [-0.25, -0.2) is 8.78 Å². The molecule has 0 saturated carbocycles. The molecule has 3 rings (SSSR count). The van der Waals surface area contributed by atoms with Crippen molar-refractivity contribution in [3.05, 3.63) is 96.9 Å². The van der Waals surface area contributed by atoms with E-state index in [4.69, 9.17) is 4.74 Å². The van der Waals surface area contributed by atoms with E-state index < -0.39 is 22.8 Å². The molecule has 1 heterocycles. The van der Waals surface area contributed by atoms with Crippen LogP contribution in [0.25, 0.3) is 0 Å². The number of pyridine rings is 1. The third-order valence-electron chi connectivity index (χ3n) is 5.09. The number of hydrogen-bond donors (Lipinski definition) is 3. The Labute approximate surface area is 204 Å². The summed E-state index contributed by atoms with van der Waals surface area (Å²) in [5, 5.41) is 12.4. The highest BCUT2D eigenvalue weighted by Crippen LogP contribution is 2.31. The van der Waals surface area contributed by atoms with Gasteiger partial charge in [0.2, 0.25) is 0 Å². The molecule has 0 unspecified atom stereocenters. The van der Waals surface area contributed by atoms with Gasteiger partial charge >= 0.3 is 0 Å². The summed E-state index contributed by atoms with van der Waals surface area (Å²) in [6, 6.07) is 10.1. The Morgan fingerprint density at radius 3 is 2.47 bits per heavy atom. The van der Waals surface area contributed by atoms with E-state index in [1.807, 2.05) is 0 Å². The zero-order chi connectivity index (χ0) is 25.0. The third-order valence-corrected chi connectivity index (χ3v) is 5.81. The number of nitrogens with one attached hydrogen (secondary N) is 2. The molecule has 34 heavy (non-hydrogen) atoms. The summed E-state index contributed by atoms with van der Waals surface area (Å²) in [5.74, 6) is -1.47. The molecule has 0 aliphatic rings. The molecule has 3 N–H and O–H groups in total. The Morgan fingerprint density at radius 2 is 1.85 bits per heavy atom. The fourth-order valence-corrected chi connectivity index (χ4v) is 3.69. The first-order valence-corrected chi connectivity index (χ1v) is 11.3. The summed E-state index contributed by atoms with van der Waals surface area (Å²) in [4.78, 5) is 27.3. The molecular weight excluding hydrogens is 510 g/mol. The molecule has 0 aliphatic heterocycles. The Balaban J connectivity index is 1.82. The number of carbonyl (C=O) groups is 1. The van der Waals surface area contributed by atoms with E-state index in [0.29, 0.717) is 23.2 Å². The number of amides is 1. The second kappa shape index (κ2) is 10.5. The van der Waals surface area contributed by atoms with Crippen LogP contribution in [0.15, 0.2) is 51.7 Å². The number of aromatic nitrogens is 1. The highest BCUT2D eigenvalue weighted by molar-refractivity contribution is 9.10. The smallest absolute Gasteiger partial charge is 0.266 e. The minimum absolute atomic E-state index is 0.119. The normalized spacial score (nSPS) is 11.4. The molecule has 0 aliphatic carbocycles. The number of halogens is 3. The Bertz CT molecular complexity index is 1250. The van der Waals surface area contributed by atoms with Gasteiger partial charge in [-0.1, -0.05) is 12.1 Å². The second-order valence-electron chi connectivity index (χ2n) is 8.59. The van der Waals surface area contributed by atoms with Crippen LogP contribution in [0, 0.1) is 18.6 Å². The molecule has 0 atom stereocenters. The first kappa shape index (κ1) is 25.6. The molecule has 0 saturated heterocycles. The van der Waals surface area contributed by atoms with Crippen molar-refractivity contribution in [2.45, 2.75) is 39.4 Å². The number of aliphatic hydroxyl groups is 1. The summed E-state index contributed by atoms with van der Waals surface area (Å²) in [5.41, 5.74) is 1.28. The quantitative estimate of drug-likeness (QED) is 0.399. The van der Waals surface area contributed by atoms with E-state index in [9.17, 15) is 23.5 Å². The number of H-pyrrole nitrogens is 1. The van der Waals surface area contributed by atoms with E-state index in [1.165, 1.54) is 6.07 Å². The average molecular weight is 535 g/mol. The van der Waals surface area contributed by atoms with Crippen molar-refractivity contribution < 1.29 is 23.4 Å². The Kier molecular flexibility index (Phi) is 7.89. The van der Waals surface area contributed by atoms with Crippen LogP contribution in [-0.2, 0) is 13.0 Å². The van der Waals surface area contributed by atoms with Crippen LogP contribution in [0.1, 0.15) is 46.6 Å². The second-order valence-corrected chi connectivity index (χ2v) is 9.39. The SMILES string of the molecule is Cc1[nH]c(=O)c(Br)c(OCc2ccc(F)cc2F)c1Cc1ccc(C(=O)NCC(C)(C)O)cc1. The maximum absolute atomic E-state index is 14.0. The number of hydrogen-bond acceptors (Lipinski definition) is 4. The monoisotopic (exact) mass is 534 g/mol. The number of aryl methyl sites for hydroxylation is 1. The molecule has 2 aromatic carbocycles. The molecule has 1 aromatic heterocycles. The summed E-state index contributed by atoms with van der Waals surface area (Å²) in [7, 11) is 0. The van der Waals surface area contributed by atoms with E-state index >= 15 is 0 Å². The topological polar surface area (TPSA) is 91.4 Å². The van der Waals surface area contributed by atoms with Gasteiger partial charge in [0.1, 0.15) is 28.5 Å². The molecule has 9 heteroatoms. The molecule has 180 valence electrons. The van der Waals surface area contributed by atoms with Gasteiger partial charge in [-0.05, 0) is 66.5 Å². The van der Waals surface area contributed by atoms with Crippen molar-refractivity contribution in [2.24, 2.45) is 0 Å². The van der Waals surface area contributed by atoms with E-state index in [1.54, 1.807) is 45.0 Å². The molecular formula is C25H25BrF2N2O4. The fraction of sp³-hybridized carbons (Fsp3) is 0.280. The van der Waals surface area contributed by atoms with Gasteiger partial charge in [0.05, 0.1) is 5.60 Å². The fourth-order valence-electron chi connectivity index (χ4n) is 3.24. The largest absolute Gasteiger partial charge is 0.487 e. The molecule has 0 radical (unpaired) electrons. The Hall–Kier alpha value is -3.04. The minimum Gasteiger partial charge on any atom is -0.487 e. The maximum Gasteiger partial charge on any atom is 0.266 e. The highest BCUT2D eigenvalue weighted by atomic mass is 79.9. The maximum atomic E-state index is 14.0. The molecule has 0 spiro atoms. The van der Waals surface area contributed by atoms with Crippen LogP contribution in [0.5, 0.6) is 5.75 Å². The Morgan fingerprint density at radius 1 is 1.18 bits per heavy atom. The molecule has 0 bridgehead atoms. The van der Waals surface area contributed by atoms with E-state index in [-0.39, 0.29) is 34.8 Å². The lowest BCUT2D eigenvalue weighted by atomic mass is 10.0. The zero-order valence-electron chi connectivity index (χ0n) is 19.0. The number of carbonyl (C=O) groups excluding carboxylic acids is 1. The lowest BCUT2D eigenvalue weighted by molar-refractivity contribution is 0.0694. The number of aromatic amines is 1. The molecule has 0 fully saturated rings. The van der Waals surface area contributed by atoms with E-state index in [2.05, 4.69) is 26.2 Å². The third kappa shape index (κ3) is 6.51. The van der Waals surface area contributed by atoms with Crippen molar-refractivity contribution in [1.29, 1.82) is 0 Å². The van der Waals surface area contributed by atoms with E-state index in [0.717, 1.165) is 17.7 Å². The molecule has 3 aromatic rings. The van der Waals surface area contributed by atoms with Crippen molar-refractivity contribution in [1.82, 2.24) is 10.3 Å². The van der Waals surface area contributed by atoms with Gasteiger partial charge in [0, 0.05) is 41.4 Å². The van der Waals surface area contributed by atoms with Crippen molar-refractivity contribution in [2.75, 3.05) is 6.54 Å². The van der Waals surface area contributed by atoms with Crippen LogP contribution in [0.3, 0.4) is 0 Å². The highest BCUT2D eigenvalue weighted by Gasteiger charge is 2.18. The first-order chi connectivity index (χ1) is 15.9. The van der Waals surface area contributed by atoms with Gasteiger partial charge in [-0.2, -0.15) is 0 Å². The predicted molar refractivity (Wildman–Crippen MR) is 128 cm³/mol. The van der Waals surface area contributed by atoms with Gasteiger partial charge in [-0.3, -0.25) is 9.59 Å². The van der Waals surface area contributed by atoms with Crippen molar-refractivity contribution in [3.8, 4) is 5.75 Å². The predicted octanol–water partition coefficient (Wildman–Crippen LogP) is 4.39. The number of benzene rings is 2. The van der Waals surface area contributed by atoms with Crippen molar-refractivity contribution in [3.63, 3.8) is 0 Å². The lowest BCUT2D eigenvalue weighted by Gasteiger charge is -2.18. The number of ether oxygens (including phenoxy) is 1.